The predicted octanol–water partition coefficient (Wildman–Crippen LogP) is 2.75. The number of hydrogen-bond donors (Lipinski definition) is 2. The summed E-state index contributed by atoms with van der Waals surface area (Å²) < 4.78 is 0. The van der Waals surface area contributed by atoms with E-state index in [-0.39, 0.29) is 18.1 Å². The summed E-state index contributed by atoms with van der Waals surface area (Å²) in [6.45, 7) is 6.95. The van der Waals surface area contributed by atoms with E-state index in [2.05, 4.69) is 26.8 Å². The lowest BCUT2D eigenvalue weighted by Gasteiger charge is -2.36. The highest BCUT2D eigenvalue weighted by atomic mass is 16.3. The average molecular weight is 238 g/mol. The van der Waals surface area contributed by atoms with Gasteiger partial charge < -0.3 is 10.2 Å². The quantitative estimate of drug-likeness (QED) is 0.726. The van der Waals surface area contributed by atoms with Crippen molar-refractivity contribution >= 4 is 0 Å². The molecule has 0 bridgehead atoms. The van der Waals surface area contributed by atoms with Crippen molar-refractivity contribution in [2.24, 2.45) is 23.2 Å². The second-order valence-electron chi connectivity index (χ2n) is 6.52. The van der Waals surface area contributed by atoms with E-state index in [4.69, 9.17) is 0 Å². The first-order valence-electron chi connectivity index (χ1n) is 6.97. The van der Waals surface area contributed by atoms with Gasteiger partial charge in [-0.05, 0) is 49.0 Å². The summed E-state index contributed by atoms with van der Waals surface area (Å²) in [6.07, 6.45) is 6.07. The molecule has 2 rings (SSSR count). The third kappa shape index (κ3) is 2.17. The van der Waals surface area contributed by atoms with Crippen LogP contribution >= 0.6 is 0 Å². The van der Waals surface area contributed by atoms with E-state index in [1.54, 1.807) is 0 Å². The van der Waals surface area contributed by atoms with Crippen LogP contribution in [0.25, 0.3) is 0 Å². The standard InChI is InChI=1S/C15H26O2/c1-10(2)12-6-7-15(3)13(12)8-11(9-16)4-5-14(15)17/h8,10,12-14,16-17H,4-7,9H2,1-3H3/t12-,13-,14-,15-/m0/s1. The van der Waals surface area contributed by atoms with Gasteiger partial charge in [0, 0.05) is 5.41 Å². The van der Waals surface area contributed by atoms with E-state index in [0.29, 0.717) is 17.8 Å². The fourth-order valence-corrected chi connectivity index (χ4v) is 3.88. The molecule has 0 spiro atoms. The fourth-order valence-electron chi connectivity index (χ4n) is 3.88. The molecule has 0 saturated heterocycles. The molecule has 2 aliphatic carbocycles. The Morgan fingerprint density at radius 1 is 1.41 bits per heavy atom. The SMILES string of the molecule is CC(C)[C@@H]1CC[C@]2(C)[C@@H](O)CCC(CO)=C[C@@H]12. The maximum Gasteiger partial charge on any atom is 0.0641 e. The smallest absolute Gasteiger partial charge is 0.0641 e. The molecule has 0 aliphatic heterocycles. The van der Waals surface area contributed by atoms with Gasteiger partial charge in [-0.15, -0.1) is 0 Å². The second kappa shape index (κ2) is 4.74. The van der Waals surface area contributed by atoms with Gasteiger partial charge in [-0.3, -0.25) is 0 Å². The minimum Gasteiger partial charge on any atom is -0.393 e. The van der Waals surface area contributed by atoms with Crippen LogP contribution in [0.2, 0.25) is 0 Å². The van der Waals surface area contributed by atoms with Crippen LogP contribution in [0.15, 0.2) is 11.6 Å². The Morgan fingerprint density at radius 3 is 2.71 bits per heavy atom. The minimum absolute atomic E-state index is 0.0336. The molecular weight excluding hydrogens is 212 g/mol. The van der Waals surface area contributed by atoms with Crippen LogP contribution in [0.3, 0.4) is 0 Å². The summed E-state index contributed by atoms with van der Waals surface area (Å²) >= 11 is 0. The summed E-state index contributed by atoms with van der Waals surface area (Å²) in [5.74, 6) is 1.76. The third-order valence-electron chi connectivity index (χ3n) is 5.21. The van der Waals surface area contributed by atoms with Crippen molar-refractivity contribution in [1.82, 2.24) is 0 Å². The zero-order valence-corrected chi connectivity index (χ0v) is 11.3. The molecule has 1 fully saturated rings. The first-order valence-corrected chi connectivity index (χ1v) is 6.97. The van der Waals surface area contributed by atoms with Crippen molar-refractivity contribution in [3.05, 3.63) is 11.6 Å². The van der Waals surface area contributed by atoms with Gasteiger partial charge in [-0.25, -0.2) is 0 Å². The number of allylic oxidation sites excluding steroid dienone is 1. The molecule has 0 radical (unpaired) electrons. The molecule has 4 atom stereocenters. The molecule has 2 aliphatic rings. The summed E-state index contributed by atoms with van der Waals surface area (Å²) in [5.41, 5.74) is 1.16. The molecule has 0 aromatic carbocycles. The van der Waals surface area contributed by atoms with Crippen LogP contribution in [0.1, 0.15) is 46.5 Å². The number of fused-ring (bicyclic) bond motifs is 1. The molecule has 0 unspecified atom stereocenters. The van der Waals surface area contributed by atoms with Crippen molar-refractivity contribution in [2.75, 3.05) is 6.61 Å². The Balaban J connectivity index is 2.33. The van der Waals surface area contributed by atoms with Crippen molar-refractivity contribution in [3.63, 3.8) is 0 Å². The van der Waals surface area contributed by atoms with Crippen LogP contribution in [0, 0.1) is 23.2 Å². The minimum atomic E-state index is -0.212. The van der Waals surface area contributed by atoms with Gasteiger partial charge >= 0.3 is 0 Å². The molecule has 17 heavy (non-hydrogen) atoms. The highest BCUT2D eigenvalue weighted by molar-refractivity contribution is 5.16. The largest absolute Gasteiger partial charge is 0.393 e. The van der Waals surface area contributed by atoms with E-state index >= 15 is 0 Å². The summed E-state index contributed by atoms with van der Waals surface area (Å²) in [7, 11) is 0. The topological polar surface area (TPSA) is 40.5 Å². The van der Waals surface area contributed by atoms with Gasteiger partial charge in [0.25, 0.3) is 0 Å². The predicted molar refractivity (Wildman–Crippen MR) is 69.6 cm³/mol. The zero-order valence-electron chi connectivity index (χ0n) is 11.3. The maximum absolute atomic E-state index is 10.4. The Kier molecular flexibility index (Phi) is 3.65. The van der Waals surface area contributed by atoms with Gasteiger partial charge in [0.15, 0.2) is 0 Å². The Labute approximate surface area is 105 Å². The van der Waals surface area contributed by atoms with Gasteiger partial charge in [0.05, 0.1) is 12.7 Å². The van der Waals surface area contributed by atoms with Crippen LogP contribution in [0.5, 0.6) is 0 Å². The molecule has 0 amide bonds. The van der Waals surface area contributed by atoms with E-state index in [0.717, 1.165) is 24.8 Å². The molecule has 0 heterocycles. The van der Waals surface area contributed by atoms with Crippen molar-refractivity contribution in [2.45, 2.75) is 52.6 Å². The lowest BCUT2D eigenvalue weighted by Crippen LogP contribution is -2.36. The highest BCUT2D eigenvalue weighted by Gasteiger charge is 2.49. The van der Waals surface area contributed by atoms with Gasteiger partial charge in [-0.2, -0.15) is 0 Å². The molecule has 2 nitrogen and oxygen atoms in total. The van der Waals surface area contributed by atoms with Crippen LogP contribution in [-0.2, 0) is 0 Å². The number of rotatable bonds is 2. The first-order chi connectivity index (χ1) is 7.99. The summed E-state index contributed by atoms with van der Waals surface area (Å²) in [6, 6.07) is 0. The maximum atomic E-state index is 10.4. The highest BCUT2D eigenvalue weighted by Crippen LogP contribution is 2.54. The number of aliphatic hydroxyl groups is 2. The van der Waals surface area contributed by atoms with Gasteiger partial charge in [-0.1, -0.05) is 26.8 Å². The van der Waals surface area contributed by atoms with E-state index in [9.17, 15) is 10.2 Å². The Morgan fingerprint density at radius 2 is 2.12 bits per heavy atom. The van der Waals surface area contributed by atoms with Gasteiger partial charge in [0.2, 0.25) is 0 Å². The van der Waals surface area contributed by atoms with E-state index in [1.807, 2.05) is 0 Å². The normalized spacial score (nSPS) is 42.2. The molecule has 2 heteroatoms. The molecular formula is C15H26O2. The zero-order chi connectivity index (χ0) is 12.6. The molecule has 0 aromatic heterocycles. The van der Waals surface area contributed by atoms with Crippen LogP contribution < -0.4 is 0 Å². The monoisotopic (exact) mass is 238 g/mol. The molecule has 98 valence electrons. The average Bonchev–Trinajstić information content (AvgIpc) is 2.57. The molecule has 2 N–H and O–H groups in total. The van der Waals surface area contributed by atoms with Crippen molar-refractivity contribution in [3.8, 4) is 0 Å². The number of aliphatic hydroxyl groups excluding tert-OH is 2. The summed E-state index contributed by atoms with van der Waals surface area (Å²) in [5, 5.41) is 19.8. The first kappa shape index (κ1) is 13.1. The van der Waals surface area contributed by atoms with Crippen molar-refractivity contribution < 1.29 is 10.2 Å². The van der Waals surface area contributed by atoms with Crippen molar-refractivity contribution in [1.29, 1.82) is 0 Å². The Bertz CT molecular complexity index is 308. The Hall–Kier alpha value is -0.340. The molecule has 0 aromatic rings. The van der Waals surface area contributed by atoms with Crippen LogP contribution in [0.4, 0.5) is 0 Å². The van der Waals surface area contributed by atoms with Crippen LogP contribution in [-0.4, -0.2) is 22.9 Å². The lowest BCUT2D eigenvalue weighted by molar-refractivity contribution is 0.0109. The summed E-state index contributed by atoms with van der Waals surface area (Å²) in [4.78, 5) is 0. The van der Waals surface area contributed by atoms with Gasteiger partial charge in [0.1, 0.15) is 0 Å². The van der Waals surface area contributed by atoms with E-state index in [1.165, 1.54) is 6.42 Å². The molecule has 1 saturated carbocycles. The second-order valence-corrected chi connectivity index (χ2v) is 6.52. The third-order valence-corrected chi connectivity index (χ3v) is 5.21. The van der Waals surface area contributed by atoms with E-state index < -0.39 is 0 Å². The lowest BCUT2D eigenvalue weighted by atomic mass is 9.71. The fraction of sp³-hybridized carbons (Fsp3) is 0.867. The number of hydrogen-bond acceptors (Lipinski definition) is 2.